The largest absolute Gasteiger partial charge is 1.00 e. The summed E-state index contributed by atoms with van der Waals surface area (Å²) in [4.78, 5) is 41.4. The molecule has 0 spiro atoms. The molecule has 2 atom stereocenters. The van der Waals surface area contributed by atoms with E-state index in [0.29, 0.717) is 34.6 Å². The van der Waals surface area contributed by atoms with Gasteiger partial charge in [-0.3, -0.25) is 9.59 Å². The van der Waals surface area contributed by atoms with Gasteiger partial charge in [0.15, 0.2) is 0 Å². The van der Waals surface area contributed by atoms with Gasteiger partial charge >= 0.3 is 37.4 Å². The van der Waals surface area contributed by atoms with Crippen molar-refractivity contribution in [2.75, 3.05) is 39.4 Å². The van der Waals surface area contributed by atoms with Crippen LogP contribution in [0, 0.1) is 18.8 Å². The molecule has 0 aromatic heterocycles. The number of rotatable bonds is 19. The summed E-state index contributed by atoms with van der Waals surface area (Å²) in [6.45, 7) is 14.1. The number of halogens is 13. The van der Waals surface area contributed by atoms with Crippen molar-refractivity contribution in [1.29, 1.82) is 0 Å². The van der Waals surface area contributed by atoms with E-state index in [-0.39, 0.29) is 73.3 Å². The summed E-state index contributed by atoms with van der Waals surface area (Å²) in [6.07, 6.45) is 4.28. The number of hydrogen-bond donors (Lipinski definition) is 0. The number of likely N-dealkylation sites (tertiary alicyclic amines) is 2. The Kier molecular flexibility index (Phi) is 44.6. The molecule has 4 fully saturated rings. The topological polar surface area (TPSA) is 66.9 Å². The molecule has 6 nitrogen and oxygen atoms in total. The number of carbonyl (C=O) groups is 3. The van der Waals surface area contributed by atoms with Crippen molar-refractivity contribution in [1.82, 2.24) is 9.80 Å². The van der Waals surface area contributed by atoms with Gasteiger partial charge in [-0.05, 0) is 220 Å². The summed E-state index contributed by atoms with van der Waals surface area (Å²) in [5.74, 6) is 0.587. The van der Waals surface area contributed by atoms with Gasteiger partial charge in [0.05, 0.1) is 33.7 Å². The summed E-state index contributed by atoms with van der Waals surface area (Å²) in [6, 6.07) is 94.4. The smallest absolute Gasteiger partial charge is 1.00 e. The molecule has 653 valence electrons. The van der Waals surface area contributed by atoms with E-state index in [1.54, 1.807) is 12.1 Å². The molecule has 0 bridgehead atoms. The summed E-state index contributed by atoms with van der Waals surface area (Å²) < 4.78 is 118. The van der Waals surface area contributed by atoms with Crippen LogP contribution in [0.1, 0.15) is 142 Å². The Hall–Kier alpha value is -7.84. The minimum Gasteiger partial charge on any atom is -1.00 e. The zero-order valence-corrected chi connectivity index (χ0v) is 77.5. The molecule has 2 heterocycles. The molecule has 23 heteroatoms. The van der Waals surface area contributed by atoms with Crippen molar-refractivity contribution < 1.29 is 94.5 Å². The summed E-state index contributed by atoms with van der Waals surface area (Å²) >= 11 is 15.1. The molecular formula is C102H106BBr2Cl2F9LiN2O4P2. The Morgan fingerprint density at radius 1 is 0.472 bits per heavy atom. The van der Waals surface area contributed by atoms with Gasteiger partial charge in [0.2, 0.25) is 11.8 Å². The number of piperidine rings is 2. The first-order valence-corrected chi connectivity index (χ1v) is 46.6. The molecule has 11 aromatic rings. The van der Waals surface area contributed by atoms with Crippen LogP contribution in [0.3, 0.4) is 0 Å². The fraction of sp³-hybridized carbons (Fsp3) is 0.294. The Labute approximate surface area is 777 Å². The van der Waals surface area contributed by atoms with E-state index in [4.69, 9.17) is 27.9 Å². The molecule has 2 saturated heterocycles. The maximum Gasteiger partial charge on any atom is 1.00 e. The summed E-state index contributed by atoms with van der Waals surface area (Å²) in [5.41, 5.74) is 1.88. The third-order valence-electron chi connectivity index (χ3n) is 22.0. The molecule has 0 N–H and O–H groups in total. The zero-order chi connectivity index (χ0) is 87.6. The molecule has 2 aliphatic heterocycles. The van der Waals surface area contributed by atoms with Crippen LogP contribution in [0.4, 0.5) is 39.5 Å². The van der Waals surface area contributed by atoms with Crippen LogP contribution >= 0.6 is 54.3 Å². The van der Waals surface area contributed by atoms with E-state index >= 15 is 0 Å². The quantitative estimate of drug-likeness (QED) is 0.0202. The van der Waals surface area contributed by atoms with Gasteiger partial charge in [0.25, 0.3) is 0 Å². The predicted octanol–water partition coefficient (Wildman–Crippen LogP) is 19.5. The average molecular weight is 1910 g/mol. The zero-order valence-electron chi connectivity index (χ0n) is 71.0. The predicted molar refractivity (Wildman–Crippen MR) is 497 cm³/mol. The van der Waals surface area contributed by atoms with Gasteiger partial charge in [-0.2, -0.15) is 45.9 Å². The second-order valence-corrected chi connectivity index (χ2v) is 37.4. The first kappa shape index (κ1) is 106. The third kappa shape index (κ3) is 30.4. The average Bonchev–Trinajstić information content (AvgIpc) is 0.762. The Morgan fingerprint density at radius 2 is 0.784 bits per heavy atom. The van der Waals surface area contributed by atoms with E-state index in [9.17, 15) is 53.9 Å². The first-order chi connectivity index (χ1) is 58.7. The van der Waals surface area contributed by atoms with Crippen LogP contribution in [0.25, 0.3) is 6.08 Å². The second-order valence-electron chi connectivity index (χ2n) is 30.3. The standard InChI is InChI=1S/C26H21F3P.C25H25ClF3NO.C18H15P.C17H20ClNO2.C8H6BrF3.C4H10O.C4H9.B.BrH.Li/c27-26(28,29)22-18-16-21(17-19-22)20-30(23-10-4-1-5-11-23,24-12-6-2-7-13-24)25-14-8-3-9-15-25;26-22-12-10-20(11-13-22)24(14-2-15-24)23(31)30-16-1-3-19(17-30)5-4-18-6-8-21(9-7-18)25(27,28)29;1-4-10-16(11-5-1)19(17-12-6-2-7-13-17)18-14-8-3-9-15-18;18-15-6-4-14(5-7-15)17(8-2-9-17)16(21)19-10-1-3-13(11-19)12-20;9-5-6-1-3-7(4-2-6)8(10,11)12;1-3-5-4-2;1-3-4-2;;;/h1-19H,20H2;4-13,19H,1-3,14-17H2;1-15H;4-7,12-13H,1-3,8-11H2;1-4H,5H2;3-4H2,1-2H3;1,3-4H2,2H3;;1H;/q+1;;;;;;-1;;;+1/p-1/b;5-4+;;;;;;;;. The van der Waals surface area contributed by atoms with Crippen LogP contribution < -0.4 is 67.7 Å². The fourth-order valence-electron chi connectivity index (χ4n) is 15.2. The van der Waals surface area contributed by atoms with E-state index in [1.807, 2.05) is 139 Å². The number of hydrogen-bond acceptors (Lipinski definition) is 4. The van der Waals surface area contributed by atoms with Gasteiger partial charge in [-0.1, -0.05) is 284 Å². The molecular weight excluding hydrogens is 1800 g/mol. The Morgan fingerprint density at radius 3 is 1.07 bits per heavy atom. The number of unbranched alkanes of at least 4 members (excludes halogenated alkanes) is 1. The van der Waals surface area contributed by atoms with E-state index in [0.717, 1.165) is 155 Å². The second kappa shape index (κ2) is 52.6. The number of amides is 2. The number of nitrogens with zero attached hydrogens (tertiary/aromatic N) is 2. The maximum absolute atomic E-state index is 13.5. The van der Waals surface area contributed by atoms with Gasteiger partial charge < -0.3 is 43.2 Å². The number of aldehydes is 1. The molecule has 3 radical (unpaired) electrons. The number of benzene rings is 11. The van der Waals surface area contributed by atoms with Crippen LogP contribution in [0.2, 0.25) is 10.0 Å². The molecule has 11 aromatic carbocycles. The molecule has 125 heavy (non-hydrogen) atoms. The normalized spacial score (nSPS) is 15.5. The van der Waals surface area contributed by atoms with Crippen molar-refractivity contribution in [3.8, 4) is 0 Å². The minimum absolute atomic E-state index is 0. The number of carbonyl (C=O) groups excluding carboxylic acids is 3. The molecule has 2 aliphatic carbocycles. The Balaban J connectivity index is 0.000000240. The van der Waals surface area contributed by atoms with Gasteiger partial charge in [0, 0.05) is 69.1 Å². The fourth-order valence-corrected chi connectivity index (χ4v) is 22.3. The maximum atomic E-state index is 13.5. The molecule has 2 unspecified atom stereocenters. The van der Waals surface area contributed by atoms with E-state index < -0.39 is 55.8 Å². The van der Waals surface area contributed by atoms with Gasteiger partial charge in [0.1, 0.15) is 29.5 Å². The summed E-state index contributed by atoms with van der Waals surface area (Å²) in [7, 11) is -2.56. The van der Waals surface area contributed by atoms with Crippen LogP contribution in [0.5, 0.6) is 0 Å². The van der Waals surface area contributed by atoms with Crippen molar-refractivity contribution in [3.63, 3.8) is 0 Å². The van der Waals surface area contributed by atoms with Gasteiger partial charge in [-0.15, -0.1) is 0 Å². The van der Waals surface area contributed by atoms with Crippen molar-refractivity contribution >= 4 is 119 Å². The third-order valence-corrected chi connectivity index (χ3v) is 30.0. The first-order valence-electron chi connectivity index (χ1n) is 41.4. The molecule has 4 aliphatic rings. The van der Waals surface area contributed by atoms with Crippen LogP contribution in [-0.2, 0) is 60.0 Å². The van der Waals surface area contributed by atoms with Crippen LogP contribution in [0.15, 0.2) is 309 Å². The van der Waals surface area contributed by atoms with Gasteiger partial charge in [-0.25, -0.2) is 0 Å². The molecule has 2 amide bonds. The monoisotopic (exact) mass is 1900 g/mol. The van der Waals surface area contributed by atoms with E-state index in [2.05, 4.69) is 157 Å². The van der Waals surface area contributed by atoms with Crippen LogP contribution in [-0.4, -0.2) is 75.7 Å². The van der Waals surface area contributed by atoms with Crippen molar-refractivity contribution in [3.05, 3.63) is 371 Å². The SMILES string of the molecule is CCOCC.FC(F)(F)c1ccc(CBr)cc1.FC(F)(F)c1ccc(C[P+](c2ccccc2)(c2ccccc2)c2ccccc2)cc1.O=C(N1CCCC(/C=C/c2ccc(C(F)(F)F)cc2)C1)C1(c2ccc(Cl)cc2)CCC1.O=CC1CCCN(C(=O)C2(c3ccc(Cl)cc3)CCC2)C1.[B].[Br-].[CH2-]CCC.[Li+].c1ccc(P(c2ccccc2)c2ccccc2)cc1. The van der Waals surface area contributed by atoms with E-state index in [1.165, 1.54) is 74.6 Å². The minimum atomic E-state index is -4.33. The molecule has 2 saturated carbocycles. The Bertz CT molecular complexity index is 4750. The number of alkyl halides is 10. The van der Waals surface area contributed by atoms with Crippen molar-refractivity contribution in [2.24, 2.45) is 11.8 Å². The summed E-state index contributed by atoms with van der Waals surface area (Å²) in [5, 5.41) is 9.76. The molecule has 15 rings (SSSR count). The van der Waals surface area contributed by atoms with Crippen molar-refractivity contribution in [2.45, 2.75) is 139 Å². The number of ether oxygens (including phenoxy) is 1.